The molecule has 8 heteroatoms. The van der Waals surface area contributed by atoms with Crippen molar-refractivity contribution in [3.63, 3.8) is 0 Å². The van der Waals surface area contributed by atoms with E-state index in [1.54, 1.807) is 32.6 Å². The molecular formula is C24H22Br2N2O4. The van der Waals surface area contributed by atoms with Crippen molar-refractivity contribution in [3.05, 3.63) is 86.3 Å². The minimum Gasteiger partial charge on any atom is -0.493 e. The maximum atomic E-state index is 12.2. The number of hydrogen-bond donors (Lipinski definition) is 1. The predicted octanol–water partition coefficient (Wildman–Crippen LogP) is 5.50. The average Bonchev–Trinajstić information content (AvgIpc) is 2.79. The standard InChI is InChI=1S/C24H22Br2N2O4/c1-30-22-10-5-17(12-23(22)31-2)13-24(29)28-27-14-18-6-9-21(20(26)11-18)32-15-16-3-7-19(25)8-4-16/h3-12,14H,13,15H2,1-2H3,(H,28,29)/b27-14+. The summed E-state index contributed by atoms with van der Waals surface area (Å²) < 4.78 is 18.2. The van der Waals surface area contributed by atoms with Crippen molar-refractivity contribution in [2.45, 2.75) is 13.0 Å². The molecule has 0 spiro atoms. The number of nitrogens with zero attached hydrogens (tertiary/aromatic N) is 1. The summed E-state index contributed by atoms with van der Waals surface area (Å²) in [6.07, 6.45) is 1.75. The highest BCUT2D eigenvalue weighted by molar-refractivity contribution is 9.10. The van der Waals surface area contributed by atoms with Crippen LogP contribution in [0.2, 0.25) is 0 Å². The van der Waals surface area contributed by atoms with Crippen molar-refractivity contribution in [1.82, 2.24) is 5.43 Å². The molecule has 0 saturated heterocycles. The topological polar surface area (TPSA) is 69.2 Å². The zero-order valence-corrected chi connectivity index (χ0v) is 20.8. The Hall–Kier alpha value is -2.84. The van der Waals surface area contributed by atoms with Crippen molar-refractivity contribution < 1.29 is 19.0 Å². The smallest absolute Gasteiger partial charge is 0.244 e. The summed E-state index contributed by atoms with van der Waals surface area (Å²) in [6, 6.07) is 18.9. The van der Waals surface area contributed by atoms with Gasteiger partial charge in [0.15, 0.2) is 11.5 Å². The second-order valence-electron chi connectivity index (χ2n) is 6.76. The Kier molecular flexibility index (Phi) is 8.70. The first-order chi connectivity index (χ1) is 15.5. The van der Waals surface area contributed by atoms with Crippen molar-refractivity contribution >= 4 is 44.0 Å². The quantitative estimate of drug-likeness (QED) is 0.277. The SMILES string of the molecule is COc1ccc(CC(=O)N/N=C/c2ccc(OCc3ccc(Br)cc3)c(Br)c2)cc1OC. The minimum absolute atomic E-state index is 0.171. The number of ether oxygens (including phenoxy) is 3. The lowest BCUT2D eigenvalue weighted by atomic mass is 10.1. The summed E-state index contributed by atoms with van der Waals surface area (Å²) in [5, 5.41) is 4.04. The number of carbonyl (C=O) groups is 1. The van der Waals surface area contributed by atoms with Crippen molar-refractivity contribution in [2.75, 3.05) is 14.2 Å². The van der Waals surface area contributed by atoms with E-state index in [0.717, 1.165) is 31.4 Å². The Morgan fingerprint density at radius 3 is 2.28 bits per heavy atom. The van der Waals surface area contributed by atoms with Gasteiger partial charge in [-0.25, -0.2) is 5.43 Å². The third-order valence-electron chi connectivity index (χ3n) is 4.48. The lowest BCUT2D eigenvalue weighted by Crippen LogP contribution is -2.19. The second kappa shape index (κ2) is 11.7. The fourth-order valence-corrected chi connectivity index (χ4v) is 3.63. The zero-order chi connectivity index (χ0) is 22.9. The van der Waals surface area contributed by atoms with Crippen molar-refractivity contribution in [2.24, 2.45) is 5.10 Å². The number of amides is 1. The van der Waals surface area contributed by atoms with Gasteiger partial charge in [0.05, 0.1) is 31.3 Å². The second-order valence-corrected chi connectivity index (χ2v) is 8.53. The maximum Gasteiger partial charge on any atom is 0.244 e. The van der Waals surface area contributed by atoms with E-state index in [1.165, 1.54) is 0 Å². The normalized spacial score (nSPS) is 10.8. The average molecular weight is 562 g/mol. The van der Waals surface area contributed by atoms with E-state index in [-0.39, 0.29) is 12.3 Å². The molecule has 0 aromatic heterocycles. The first-order valence-electron chi connectivity index (χ1n) is 9.68. The van der Waals surface area contributed by atoms with Gasteiger partial charge >= 0.3 is 0 Å². The summed E-state index contributed by atoms with van der Waals surface area (Å²) >= 11 is 6.94. The largest absolute Gasteiger partial charge is 0.493 e. The number of hydrazone groups is 1. The molecule has 166 valence electrons. The van der Waals surface area contributed by atoms with Crippen LogP contribution in [0.4, 0.5) is 0 Å². The molecule has 3 rings (SSSR count). The van der Waals surface area contributed by atoms with Crippen LogP contribution >= 0.6 is 31.9 Å². The number of nitrogens with one attached hydrogen (secondary N) is 1. The Labute approximate surface area is 203 Å². The predicted molar refractivity (Wildman–Crippen MR) is 132 cm³/mol. The summed E-state index contributed by atoms with van der Waals surface area (Å²) in [5.41, 5.74) is 5.23. The summed E-state index contributed by atoms with van der Waals surface area (Å²) in [5.74, 6) is 1.68. The van der Waals surface area contributed by atoms with Crippen LogP contribution in [-0.2, 0) is 17.8 Å². The molecule has 0 fully saturated rings. The molecule has 3 aromatic carbocycles. The van der Waals surface area contributed by atoms with Gasteiger partial charge in [-0.1, -0.05) is 34.1 Å². The van der Waals surface area contributed by atoms with Crippen LogP contribution < -0.4 is 19.6 Å². The fraction of sp³-hybridized carbons (Fsp3) is 0.167. The number of benzene rings is 3. The van der Waals surface area contributed by atoms with E-state index in [1.807, 2.05) is 48.5 Å². The van der Waals surface area contributed by atoms with Gasteiger partial charge in [0, 0.05) is 4.47 Å². The molecule has 6 nitrogen and oxygen atoms in total. The molecular weight excluding hydrogens is 540 g/mol. The molecule has 0 unspecified atom stereocenters. The molecule has 0 aliphatic carbocycles. The minimum atomic E-state index is -0.234. The first kappa shape index (κ1) is 23.8. The van der Waals surface area contributed by atoms with Gasteiger partial charge in [-0.15, -0.1) is 0 Å². The molecule has 0 aliphatic rings. The first-order valence-corrected chi connectivity index (χ1v) is 11.3. The lowest BCUT2D eigenvalue weighted by molar-refractivity contribution is -0.120. The molecule has 0 saturated carbocycles. The van der Waals surface area contributed by atoms with Gasteiger partial charge in [0.1, 0.15) is 12.4 Å². The fourth-order valence-electron chi connectivity index (χ4n) is 2.85. The highest BCUT2D eigenvalue weighted by Gasteiger charge is 2.08. The third-order valence-corrected chi connectivity index (χ3v) is 5.63. The van der Waals surface area contributed by atoms with Gasteiger partial charge < -0.3 is 14.2 Å². The molecule has 0 heterocycles. The van der Waals surface area contributed by atoms with E-state index >= 15 is 0 Å². The van der Waals surface area contributed by atoms with Crippen molar-refractivity contribution in [1.29, 1.82) is 0 Å². The van der Waals surface area contributed by atoms with Crippen LogP contribution in [0, 0.1) is 0 Å². The van der Waals surface area contributed by atoms with Gasteiger partial charge in [-0.2, -0.15) is 5.10 Å². The molecule has 3 aromatic rings. The molecule has 0 atom stereocenters. The van der Waals surface area contributed by atoms with E-state index in [4.69, 9.17) is 14.2 Å². The molecule has 0 bridgehead atoms. The van der Waals surface area contributed by atoms with Crippen LogP contribution in [-0.4, -0.2) is 26.3 Å². The highest BCUT2D eigenvalue weighted by Crippen LogP contribution is 2.28. The van der Waals surface area contributed by atoms with E-state index in [9.17, 15) is 4.79 Å². The van der Waals surface area contributed by atoms with Gasteiger partial charge in [-0.05, 0) is 75.1 Å². The van der Waals surface area contributed by atoms with Gasteiger partial charge in [0.2, 0.25) is 5.91 Å². The van der Waals surface area contributed by atoms with Crippen LogP contribution in [0.5, 0.6) is 17.2 Å². The summed E-state index contributed by atoms with van der Waals surface area (Å²) in [6.45, 7) is 0.464. The number of carbonyl (C=O) groups excluding carboxylic acids is 1. The summed E-state index contributed by atoms with van der Waals surface area (Å²) in [4.78, 5) is 12.2. The van der Waals surface area contributed by atoms with E-state index in [2.05, 4.69) is 42.4 Å². The van der Waals surface area contributed by atoms with Crippen molar-refractivity contribution in [3.8, 4) is 17.2 Å². The molecule has 32 heavy (non-hydrogen) atoms. The van der Waals surface area contributed by atoms with Crippen LogP contribution in [0.15, 0.2) is 74.7 Å². The molecule has 1 amide bonds. The van der Waals surface area contributed by atoms with E-state index < -0.39 is 0 Å². The molecule has 1 N–H and O–H groups in total. The highest BCUT2D eigenvalue weighted by atomic mass is 79.9. The maximum absolute atomic E-state index is 12.2. The summed E-state index contributed by atoms with van der Waals surface area (Å²) in [7, 11) is 3.12. The van der Waals surface area contributed by atoms with Crippen LogP contribution in [0.3, 0.4) is 0 Å². The Bertz CT molecular complexity index is 1100. The monoisotopic (exact) mass is 560 g/mol. The Balaban J connectivity index is 1.53. The van der Waals surface area contributed by atoms with Crippen LogP contribution in [0.1, 0.15) is 16.7 Å². The Morgan fingerprint density at radius 1 is 0.906 bits per heavy atom. The van der Waals surface area contributed by atoms with E-state index in [0.29, 0.717) is 18.1 Å². The third kappa shape index (κ3) is 6.83. The molecule has 0 aliphatic heterocycles. The van der Waals surface area contributed by atoms with Crippen LogP contribution in [0.25, 0.3) is 0 Å². The van der Waals surface area contributed by atoms with Gasteiger partial charge in [-0.3, -0.25) is 4.79 Å². The number of rotatable bonds is 9. The number of halogens is 2. The Morgan fingerprint density at radius 2 is 1.59 bits per heavy atom. The lowest BCUT2D eigenvalue weighted by Gasteiger charge is -2.09. The molecule has 0 radical (unpaired) electrons. The zero-order valence-electron chi connectivity index (χ0n) is 17.6. The van der Waals surface area contributed by atoms with Gasteiger partial charge in [0.25, 0.3) is 0 Å². The number of methoxy groups -OCH3 is 2. The number of hydrogen-bond acceptors (Lipinski definition) is 5.